The molecule has 0 bridgehead atoms. The van der Waals surface area contributed by atoms with Crippen LogP contribution in [-0.2, 0) is 9.59 Å². The first-order valence-electron chi connectivity index (χ1n) is 5.46. The van der Waals surface area contributed by atoms with Gasteiger partial charge in [0.15, 0.2) is 0 Å². The predicted octanol–water partition coefficient (Wildman–Crippen LogP) is 0.0210. The SMILES string of the molecule is CNCCN(C)C(=O)C1C(C(=O)O)C1(C)C. The second kappa shape index (κ2) is 4.41. The molecule has 16 heavy (non-hydrogen) atoms. The van der Waals surface area contributed by atoms with Crippen molar-refractivity contribution >= 4 is 11.9 Å². The van der Waals surface area contributed by atoms with Gasteiger partial charge in [-0.15, -0.1) is 0 Å². The van der Waals surface area contributed by atoms with E-state index in [0.29, 0.717) is 13.1 Å². The number of carboxylic acid groups (broad SMARTS) is 1. The van der Waals surface area contributed by atoms with Crippen molar-refractivity contribution in [3.8, 4) is 0 Å². The second-order valence-corrected chi connectivity index (χ2v) is 4.98. The number of likely N-dealkylation sites (N-methyl/N-ethyl adjacent to an activating group) is 2. The van der Waals surface area contributed by atoms with E-state index in [2.05, 4.69) is 5.32 Å². The minimum absolute atomic E-state index is 0.0624. The van der Waals surface area contributed by atoms with Gasteiger partial charge in [-0.3, -0.25) is 9.59 Å². The van der Waals surface area contributed by atoms with Gasteiger partial charge in [-0.05, 0) is 12.5 Å². The van der Waals surface area contributed by atoms with E-state index in [1.807, 2.05) is 20.9 Å². The van der Waals surface area contributed by atoms with Crippen molar-refractivity contribution in [2.75, 3.05) is 27.2 Å². The molecular formula is C11H20N2O3. The highest BCUT2D eigenvalue weighted by Gasteiger charge is 2.66. The Kier molecular flexibility index (Phi) is 3.57. The molecule has 2 atom stereocenters. The fourth-order valence-electron chi connectivity index (χ4n) is 2.19. The summed E-state index contributed by atoms with van der Waals surface area (Å²) in [6.07, 6.45) is 0. The maximum atomic E-state index is 12.0. The molecule has 0 aromatic carbocycles. The molecule has 1 aliphatic carbocycles. The van der Waals surface area contributed by atoms with Gasteiger partial charge in [0.1, 0.15) is 0 Å². The molecule has 0 radical (unpaired) electrons. The molecule has 5 nitrogen and oxygen atoms in total. The maximum Gasteiger partial charge on any atom is 0.307 e. The van der Waals surface area contributed by atoms with Gasteiger partial charge in [0, 0.05) is 20.1 Å². The molecule has 1 fully saturated rings. The number of amides is 1. The summed E-state index contributed by atoms with van der Waals surface area (Å²) >= 11 is 0. The molecule has 0 aromatic rings. The number of carboxylic acids is 1. The van der Waals surface area contributed by atoms with E-state index in [1.165, 1.54) is 0 Å². The zero-order valence-electron chi connectivity index (χ0n) is 10.3. The van der Waals surface area contributed by atoms with E-state index >= 15 is 0 Å². The Morgan fingerprint density at radius 2 is 1.94 bits per heavy atom. The van der Waals surface area contributed by atoms with Gasteiger partial charge >= 0.3 is 5.97 Å². The molecule has 92 valence electrons. The van der Waals surface area contributed by atoms with Gasteiger partial charge in [0.05, 0.1) is 11.8 Å². The minimum atomic E-state index is -0.870. The fraction of sp³-hybridized carbons (Fsp3) is 0.818. The molecule has 1 rings (SSSR count). The standard InChI is InChI=1S/C11H20N2O3/c1-11(2)7(8(11)10(15)16)9(14)13(4)6-5-12-3/h7-8,12H,5-6H2,1-4H3,(H,15,16). The summed E-state index contributed by atoms with van der Waals surface area (Å²) in [5, 5.41) is 11.9. The summed E-state index contributed by atoms with van der Waals surface area (Å²) in [7, 11) is 3.53. The van der Waals surface area contributed by atoms with Gasteiger partial charge in [0.2, 0.25) is 5.91 Å². The molecule has 1 aliphatic rings. The fourth-order valence-corrected chi connectivity index (χ4v) is 2.19. The third-order valence-corrected chi connectivity index (χ3v) is 3.43. The first-order valence-corrected chi connectivity index (χ1v) is 5.46. The number of hydrogen-bond acceptors (Lipinski definition) is 3. The van der Waals surface area contributed by atoms with Crippen LogP contribution in [0.3, 0.4) is 0 Å². The topological polar surface area (TPSA) is 69.6 Å². The van der Waals surface area contributed by atoms with E-state index < -0.39 is 17.3 Å². The summed E-state index contributed by atoms with van der Waals surface area (Å²) < 4.78 is 0. The number of carbonyl (C=O) groups is 2. The summed E-state index contributed by atoms with van der Waals surface area (Å²) in [4.78, 5) is 24.5. The van der Waals surface area contributed by atoms with Gasteiger partial charge in [-0.1, -0.05) is 13.8 Å². The number of aliphatic carboxylic acids is 1. The Balaban J connectivity index is 2.60. The van der Waals surface area contributed by atoms with Crippen LogP contribution in [-0.4, -0.2) is 49.1 Å². The van der Waals surface area contributed by atoms with Crippen molar-refractivity contribution in [2.24, 2.45) is 17.3 Å². The summed E-state index contributed by atoms with van der Waals surface area (Å²) in [6, 6.07) is 0. The van der Waals surface area contributed by atoms with Crippen molar-refractivity contribution in [2.45, 2.75) is 13.8 Å². The van der Waals surface area contributed by atoms with Gasteiger partial charge in [-0.2, -0.15) is 0 Å². The van der Waals surface area contributed by atoms with Crippen LogP contribution < -0.4 is 5.32 Å². The molecule has 5 heteroatoms. The maximum absolute atomic E-state index is 12.0. The molecule has 0 heterocycles. The predicted molar refractivity (Wildman–Crippen MR) is 60.0 cm³/mol. The number of carbonyl (C=O) groups excluding carboxylic acids is 1. The molecular weight excluding hydrogens is 208 g/mol. The number of hydrogen-bond donors (Lipinski definition) is 2. The highest BCUT2D eigenvalue weighted by Crippen LogP contribution is 2.58. The van der Waals surface area contributed by atoms with E-state index in [4.69, 9.17) is 5.11 Å². The monoisotopic (exact) mass is 228 g/mol. The Labute approximate surface area is 95.8 Å². The molecule has 1 saturated carbocycles. The lowest BCUT2D eigenvalue weighted by Gasteiger charge is -2.17. The van der Waals surface area contributed by atoms with Crippen molar-refractivity contribution in [1.82, 2.24) is 10.2 Å². The van der Waals surface area contributed by atoms with Crippen LogP contribution in [0.5, 0.6) is 0 Å². The lowest BCUT2D eigenvalue weighted by molar-refractivity contribution is -0.141. The lowest BCUT2D eigenvalue weighted by atomic mass is 10.1. The first kappa shape index (κ1) is 13.0. The minimum Gasteiger partial charge on any atom is -0.481 e. The smallest absolute Gasteiger partial charge is 0.307 e. The molecule has 2 unspecified atom stereocenters. The Morgan fingerprint density at radius 3 is 2.31 bits per heavy atom. The van der Waals surface area contributed by atoms with Crippen molar-refractivity contribution in [1.29, 1.82) is 0 Å². The summed E-state index contributed by atoms with van der Waals surface area (Å²) in [6.45, 7) is 4.99. The van der Waals surface area contributed by atoms with E-state index in [1.54, 1.807) is 11.9 Å². The van der Waals surface area contributed by atoms with Crippen molar-refractivity contribution < 1.29 is 14.7 Å². The average Bonchev–Trinajstić information content (AvgIpc) is 2.76. The van der Waals surface area contributed by atoms with Crippen LogP contribution in [0.15, 0.2) is 0 Å². The second-order valence-electron chi connectivity index (χ2n) is 4.98. The quantitative estimate of drug-likeness (QED) is 0.696. The molecule has 0 saturated heterocycles. The number of nitrogens with one attached hydrogen (secondary N) is 1. The molecule has 1 amide bonds. The van der Waals surface area contributed by atoms with Gasteiger partial charge in [0.25, 0.3) is 0 Å². The summed E-state index contributed by atoms with van der Waals surface area (Å²) in [5.74, 6) is -1.83. The zero-order valence-corrected chi connectivity index (χ0v) is 10.3. The van der Waals surface area contributed by atoms with Crippen LogP contribution >= 0.6 is 0 Å². The van der Waals surface area contributed by atoms with Crippen LogP contribution in [0, 0.1) is 17.3 Å². The first-order chi connectivity index (χ1) is 7.34. The Morgan fingerprint density at radius 1 is 1.38 bits per heavy atom. The average molecular weight is 228 g/mol. The van der Waals surface area contributed by atoms with E-state index in [0.717, 1.165) is 0 Å². The Bertz CT molecular complexity index is 302. The molecule has 0 aromatic heterocycles. The van der Waals surface area contributed by atoms with E-state index in [9.17, 15) is 9.59 Å². The summed E-state index contributed by atoms with van der Waals surface area (Å²) in [5.41, 5.74) is -0.406. The largest absolute Gasteiger partial charge is 0.481 e. The molecule has 0 aliphatic heterocycles. The van der Waals surface area contributed by atoms with E-state index in [-0.39, 0.29) is 11.8 Å². The van der Waals surface area contributed by atoms with Crippen molar-refractivity contribution in [3.05, 3.63) is 0 Å². The highest BCUT2D eigenvalue weighted by molar-refractivity contribution is 5.91. The van der Waals surface area contributed by atoms with Crippen LogP contribution in [0.2, 0.25) is 0 Å². The van der Waals surface area contributed by atoms with Crippen LogP contribution in [0.1, 0.15) is 13.8 Å². The zero-order chi connectivity index (χ0) is 12.5. The normalized spacial score (nSPS) is 26.2. The van der Waals surface area contributed by atoms with Gasteiger partial charge < -0.3 is 15.3 Å². The van der Waals surface area contributed by atoms with Crippen LogP contribution in [0.4, 0.5) is 0 Å². The molecule has 0 spiro atoms. The van der Waals surface area contributed by atoms with Gasteiger partial charge in [-0.25, -0.2) is 0 Å². The molecule has 2 N–H and O–H groups in total. The Hall–Kier alpha value is -1.10. The van der Waals surface area contributed by atoms with Crippen molar-refractivity contribution in [3.63, 3.8) is 0 Å². The number of rotatable bonds is 5. The number of nitrogens with zero attached hydrogens (tertiary/aromatic N) is 1. The third-order valence-electron chi connectivity index (χ3n) is 3.43. The highest BCUT2D eigenvalue weighted by atomic mass is 16.4. The lowest BCUT2D eigenvalue weighted by Crippen LogP contribution is -2.35. The van der Waals surface area contributed by atoms with Crippen LogP contribution in [0.25, 0.3) is 0 Å². The third kappa shape index (κ3) is 2.19.